The van der Waals surface area contributed by atoms with E-state index in [9.17, 15) is 4.39 Å². The van der Waals surface area contributed by atoms with Crippen LogP contribution in [0.1, 0.15) is 30.0 Å². The number of rotatable bonds is 2. The van der Waals surface area contributed by atoms with E-state index in [2.05, 4.69) is 24.9 Å². The summed E-state index contributed by atoms with van der Waals surface area (Å²) in [5.74, 6) is 0.0425. The molecule has 0 aliphatic carbocycles. The average Bonchev–Trinajstić information content (AvgIpc) is 2.23. The van der Waals surface area contributed by atoms with Gasteiger partial charge in [-0.3, -0.25) is 0 Å². The number of fused-ring (bicyclic) bond motifs is 1. The molecule has 0 bridgehead atoms. The van der Waals surface area contributed by atoms with Crippen LogP contribution in [0.2, 0.25) is 0 Å². The van der Waals surface area contributed by atoms with Gasteiger partial charge < -0.3 is 4.90 Å². The Kier molecular flexibility index (Phi) is 3.06. The van der Waals surface area contributed by atoms with Crippen molar-refractivity contribution in [2.75, 3.05) is 13.6 Å². The fraction of sp³-hybridized carbons (Fsp3) is 0.538. The number of hydrogen-bond donors (Lipinski definition) is 0. The molecule has 0 fully saturated rings. The maximum atomic E-state index is 14.1. The van der Waals surface area contributed by atoms with Gasteiger partial charge in [-0.05, 0) is 31.0 Å². The highest BCUT2D eigenvalue weighted by molar-refractivity contribution is 5.35. The molecule has 1 aliphatic heterocycles. The van der Waals surface area contributed by atoms with Gasteiger partial charge in [-0.2, -0.15) is 0 Å². The van der Waals surface area contributed by atoms with Gasteiger partial charge in [0.1, 0.15) is 5.82 Å². The second-order valence-electron chi connectivity index (χ2n) is 4.41. The van der Waals surface area contributed by atoms with Crippen molar-refractivity contribution in [1.82, 2.24) is 4.90 Å². The molecule has 0 unspecified atom stereocenters. The maximum absolute atomic E-state index is 14.1. The van der Waals surface area contributed by atoms with Gasteiger partial charge in [-0.15, -0.1) is 0 Å². The molecule has 2 rings (SSSR count). The van der Waals surface area contributed by atoms with Gasteiger partial charge >= 0.3 is 0 Å². The Morgan fingerprint density at radius 1 is 1.40 bits per heavy atom. The summed E-state index contributed by atoms with van der Waals surface area (Å²) in [6.45, 7) is 3.89. The number of hydrogen-bond acceptors (Lipinski definition) is 1. The van der Waals surface area contributed by atoms with E-state index < -0.39 is 0 Å². The SMILES string of the molecule is CCCc1ccc2c(c1F)CN(C)CC2. The molecule has 1 aromatic rings. The second kappa shape index (κ2) is 4.31. The van der Waals surface area contributed by atoms with Crippen molar-refractivity contribution in [2.24, 2.45) is 0 Å². The highest BCUT2D eigenvalue weighted by atomic mass is 19.1. The fourth-order valence-electron chi connectivity index (χ4n) is 2.24. The van der Waals surface area contributed by atoms with E-state index in [1.807, 2.05) is 6.07 Å². The predicted molar refractivity (Wildman–Crippen MR) is 60.4 cm³/mol. The summed E-state index contributed by atoms with van der Waals surface area (Å²) >= 11 is 0. The fourth-order valence-corrected chi connectivity index (χ4v) is 2.24. The minimum Gasteiger partial charge on any atom is -0.302 e. The zero-order valence-electron chi connectivity index (χ0n) is 9.52. The third kappa shape index (κ3) is 2.05. The van der Waals surface area contributed by atoms with Gasteiger partial charge in [-0.1, -0.05) is 25.5 Å². The molecule has 0 N–H and O–H groups in total. The molecule has 0 amide bonds. The standard InChI is InChI=1S/C13H18FN/c1-3-4-11-6-5-10-7-8-15(2)9-12(10)13(11)14/h5-6H,3-4,7-9H2,1-2H3. The number of benzene rings is 1. The van der Waals surface area contributed by atoms with Crippen LogP contribution >= 0.6 is 0 Å². The van der Waals surface area contributed by atoms with Gasteiger partial charge in [0.2, 0.25) is 0 Å². The molecule has 0 spiro atoms. The lowest BCUT2D eigenvalue weighted by atomic mass is 9.95. The Morgan fingerprint density at radius 2 is 2.20 bits per heavy atom. The minimum absolute atomic E-state index is 0.0425. The first-order chi connectivity index (χ1) is 7.22. The van der Waals surface area contributed by atoms with Gasteiger partial charge in [0.05, 0.1) is 0 Å². The first kappa shape index (κ1) is 10.6. The molecular formula is C13H18FN. The summed E-state index contributed by atoms with van der Waals surface area (Å²) in [5.41, 5.74) is 3.01. The summed E-state index contributed by atoms with van der Waals surface area (Å²) in [6.07, 6.45) is 2.84. The number of nitrogens with zero attached hydrogens (tertiary/aromatic N) is 1. The van der Waals surface area contributed by atoms with Gasteiger partial charge in [0.15, 0.2) is 0 Å². The molecule has 1 aromatic carbocycles. The van der Waals surface area contributed by atoms with E-state index in [1.165, 1.54) is 5.56 Å². The van der Waals surface area contributed by atoms with Gasteiger partial charge in [-0.25, -0.2) is 4.39 Å². The number of likely N-dealkylation sites (N-methyl/N-ethyl adjacent to an activating group) is 1. The first-order valence-electron chi connectivity index (χ1n) is 5.70. The van der Waals surface area contributed by atoms with E-state index in [-0.39, 0.29) is 5.82 Å². The number of halogens is 1. The monoisotopic (exact) mass is 207 g/mol. The molecule has 82 valence electrons. The highest BCUT2D eigenvalue weighted by Gasteiger charge is 2.18. The molecule has 0 saturated heterocycles. The topological polar surface area (TPSA) is 3.24 Å². The van der Waals surface area contributed by atoms with E-state index in [0.717, 1.165) is 43.5 Å². The van der Waals surface area contributed by atoms with E-state index >= 15 is 0 Å². The summed E-state index contributed by atoms with van der Waals surface area (Å²) < 4.78 is 14.1. The molecule has 0 saturated carbocycles. The molecule has 1 heterocycles. The summed E-state index contributed by atoms with van der Waals surface area (Å²) in [4.78, 5) is 2.18. The summed E-state index contributed by atoms with van der Waals surface area (Å²) in [7, 11) is 2.05. The van der Waals surface area contributed by atoms with Crippen LogP contribution in [-0.2, 0) is 19.4 Å². The van der Waals surface area contributed by atoms with Crippen molar-refractivity contribution in [3.63, 3.8) is 0 Å². The largest absolute Gasteiger partial charge is 0.302 e. The smallest absolute Gasteiger partial charge is 0.131 e. The quantitative estimate of drug-likeness (QED) is 0.720. The van der Waals surface area contributed by atoms with E-state index in [0.29, 0.717) is 0 Å². The van der Waals surface area contributed by atoms with Crippen LogP contribution in [0.25, 0.3) is 0 Å². The molecule has 1 nitrogen and oxygen atoms in total. The molecule has 15 heavy (non-hydrogen) atoms. The van der Waals surface area contributed by atoms with Crippen molar-refractivity contribution in [1.29, 1.82) is 0 Å². The lowest BCUT2D eigenvalue weighted by Gasteiger charge is -2.26. The van der Waals surface area contributed by atoms with Gasteiger partial charge in [0, 0.05) is 18.7 Å². The summed E-state index contributed by atoms with van der Waals surface area (Å²) in [6, 6.07) is 4.07. The first-order valence-corrected chi connectivity index (χ1v) is 5.70. The van der Waals surface area contributed by atoms with Crippen LogP contribution in [0.3, 0.4) is 0 Å². The zero-order chi connectivity index (χ0) is 10.8. The average molecular weight is 207 g/mol. The zero-order valence-corrected chi connectivity index (χ0v) is 9.52. The lowest BCUT2D eigenvalue weighted by molar-refractivity contribution is 0.305. The van der Waals surface area contributed by atoms with Crippen LogP contribution in [0, 0.1) is 5.82 Å². The van der Waals surface area contributed by atoms with Crippen molar-refractivity contribution in [2.45, 2.75) is 32.7 Å². The molecule has 0 radical (unpaired) electrons. The molecule has 2 heteroatoms. The van der Waals surface area contributed by atoms with Crippen molar-refractivity contribution in [3.8, 4) is 0 Å². The Morgan fingerprint density at radius 3 is 2.93 bits per heavy atom. The third-order valence-corrected chi connectivity index (χ3v) is 3.13. The Bertz CT molecular complexity index is 360. The van der Waals surface area contributed by atoms with Crippen LogP contribution < -0.4 is 0 Å². The Balaban J connectivity index is 2.37. The van der Waals surface area contributed by atoms with Gasteiger partial charge in [0.25, 0.3) is 0 Å². The van der Waals surface area contributed by atoms with Crippen molar-refractivity contribution >= 4 is 0 Å². The van der Waals surface area contributed by atoms with Crippen LogP contribution in [0.5, 0.6) is 0 Å². The minimum atomic E-state index is 0.0425. The predicted octanol–water partition coefficient (Wildman–Crippen LogP) is 2.77. The Hall–Kier alpha value is -0.890. The van der Waals surface area contributed by atoms with Crippen molar-refractivity contribution < 1.29 is 4.39 Å². The lowest BCUT2D eigenvalue weighted by Crippen LogP contribution is -2.27. The molecular weight excluding hydrogens is 189 g/mol. The normalized spacial score (nSPS) is 16.5. The maximum Gasteiger partial charge on any atom is 0.131 e. The highest BCUT2D eigenvalue weighted by Crippen LogP contribution is 2.24. The molecule has 0 aromatic heterocycles. The molecule has 0 atom stereocenters. The number of aryl methyl sites for hydroxylation is 1. The van der Waals surface area contributed by atoms with Crippen LogP contribution in [0.15, 0.2) is 12.1 Å². The molecule has 1 aliphatic rings. The third-order valence-electron chi connectivity index (χ3n) is 3.13. The van der Waals surface area contributed by atoms with E-state index in [1.54, 1.807) is 0 Å². The van der Waals surface area contributed by atoms with Crippen LogP contribution in [-0.4, -0.2) is 18.5 Å². The van der Waals surface area contributed by atoms with Crippen LogP contribution in [0.4, 0.5) is 4.39 Å². The summed E-state index contributed by atoms with van der Waals surface area (Å²) in [5, 5.41) is 0. The second-order valence-corrected chi connectivity index (χ2v) is 4.41. The Labute approximate surface area is 90.9 Å². The van der Waals surface area contributed by atoms with Crippen molar-refractivity contribution in [3.05, 3.63) is 34.6 Å². The van der Waals surface area contributed by atoms with E-state index in [4.69, 9.17) is 0 Å².